The van der Waals surface area contributed by atoms with Gasteiger partial charge >= 0.3 is 6.18 Å². The first-order valence-electron chi connectivity index (χ1n) is 5.89. The first-order valence-corrected chi connectivity index (χ1v) is 6.68. The summed E-state index contributed by atoms with van der Waals surface area (Å²) in [7, 11) is 0. The molecule has 0 aliphatic rings. The molecule has 0 heterocycles. The summed E-state index contributed by atoms with van der Waals surface area (Å²) in [6.07, 6.45) is -4.48. The summed E-state index contributed by atoms with van der Waals surface area (Å²) in [6, 6.07) is 7.70. The van der Waals surface area contributed by atoms with E-state index in [4.69, 9.17) is 5.11 Å². The van der Waals surface area contributed by atoms with E-state index < -0.39 is 11.7 Å². The molecular weight excluding hydrogens is 351 g/mol. The molecule has 7 heteroatoms. The zero-order valence-electron chi connectivity index (χ0n) is 10.6. The maximum absolute atomic E-state index is 12.9. The zero-order valence-corrected chi connectivity index (χ0v) is 12.2. The fourth-order valence-electron chi connectivity index (χ4n) is 1.80. The highest BCUT2D eigenvalue weighted by atomic mass is 79.9. The van der Waals surface area contributed by atoms with E-state index in [0.29, 0.717) is 10.0 Å². The number of aromatic hydroxyl groups is 2. The van der Waals surface area contributed by atoms with Crippen LogP contribution in [0.25, 0.3) is 0 Å². The summed E-state index contributed by atoms with van der Waals surface area (Å²) in [5, 5.41) is 21.4. The van der Waals surface area contributed by atoms with E-state index in [2.05, 4.69) is 21.2 Å². The number of hydrogen-bond acceptors (Lipinski definition) is 3. The second kappa shape index (κ2) is 5.85. The van der Waals surface area contributed by atoms with E-state index in [1.807, 2.05) is 0 Å². The third kappa shape index (κ3) is 3.81. The van der Waals surface area contributed by atoms with Crippen LogP contribution >= 0.6 is 15.9 Å². The number of anilines is 1. The highest BCUT2D eigenvalue weighted by molar-refractivity contribution is 9.10. The first-order chi connectivity index (χ1) is 9.77. The van der Waals surface area contributed by atoms with Crippen LogP contribution in [0.3, 0.4) is 0 Å². The molecule has 0 spiro atoms. The Bertz CT molecular complexity index is 659. The van der Waals surface area contributed by atoms with Gasteiger partial charge in [0.25, 0.3) is 0 Å². The van der Waals surface area contributed by atoms with Crippen molar-refractivity contribution in [3.05, 3.63) is 52.0 Å². The van der Waals surface area contributed by atoms with Crippen molar-refractivity contribution in [2.75, 3.05) is 5.32 Å². The molecular formula is C14H11BrF3NO2. The predicted octanol–water partition coefficient (Wildman–Crippen LogP) is 4.49. The summed E-state index contributed by atoms with van der Waals surface area (Å²) in [5.74, 6) is -0.302. The van der Waals surface area contributed by atoms with Crippen molar-refractivity contribution in [2.24, 2.45) is 0 Å². The highest BCUT2D eigenvalue weighted by Gasteiger charge is 2.33. The molecule has 3 nitrogen and oxygen atoms in total. The number of phenols is 2. The fraction of sp³-hybridized carbons (Fsp3) is 0.143. The summed E-state index contributed by atoms with van der Waals surface area (Å²) in [5.41, 5.74) is -0.503. The summed E-state index contributed by atoms with van der Waals surface area (Å²) in [4.78, 5) is 0. The van der Waals surface area contributed by atoms with Crippen molar-refractivity contribution in [3.63, 3.8) is 0 Å². The Morgan fingerprint density at radius 1 is 1.05 bits per heavy atom. The lowest BCUT2D eigenvalue weighted by molar-refractivity contribution is -0.137. The van der Waals surface area contributed by atoms with E-state index in [0.717, 1.165) is 12.1 Å². The maximum Gasteiger partial charge on any atom is 0.418 e. The highest BCUT2D eigenvalue weighted by Crippen LogP contribution is 2.37. The molecule has 0 aliphatic carbocycles. The Labute approximate surface area is 127 Å². The second-order valence-electron chi connectivity index (χ2n) is 4.35. The van der Waals surface area contributed by atoms with Crippen molar-refractivity contribution >= 4 is 21.6 Å². The minimum atomic E-state index is -4.48. The Kier molecular flexibility index (Phi) is 4.32. The fourth-order valence-corrected chi connectivity index (χ4v) is 2.16. The summed E-state index contributed by atoms with van der Waals surface area (Å²) in [6.45, 7) is -0.00315. The number of phenolic OH excluding ortho intramolecular Hbond substituents is 2. The van der Waals surface area contributed by atoms with Gasteiger partial charge in [-0.2, -0.15) is 13.2 Å². The molecule has 2 rings (SSSR count). The number of nitrogens with one attached hydrogen (secondary N) is 1. The molecule has 0 aromatic heterocycles. The Hall–Kier alpha value is -1.89. The molecule has 112 valence electrons. The number of alkyl halides is 3. The van der Waals surface area contributed by atoms with E-state index in [1.54, 1.807) is 0 Å². The number of benzene rings is 2. The van der Waals surface area contributed by atoms with Gasteiger partial charge in [-0.05, 0) is 30.3 Å². The standard InChI is InChI=1S/C14H11BrF3NO2/c15-9-2-4-12(11(5-9)14(16,17)18)19-7-8-1-3-10(20)6-13(8)21/h1-6,19-21H,7H2. The van der Waals surface area contributed by atoms with Gasteiger partial charge in [-0.25, -0.2) is 0 Å². The summed E-state index contributed by atoms with van der Waals surface area (Å²) < 4.78 is 39.2. The van der Waals surface area contributed by atoms with Crippen LogP contribution in [0.1, 0.15) is 11.1 Å². The van der Waals surface area contributed by atoms with Crippen LogP contribution in [0, 0.1) is 0 Å². The average Bonchev–Trinajstić information content (AvgIpc) is 2.38. The van der Waals surface area contributed by atoms with Gasteiger partial charge in [-0.15, -0.1) is 0 Å². The topological polar surface area (TPSA) is 52.5 Å². The van der Waals surface area contributed by atoms with Gasteiger partial charge < -0.3 is 15.5 Å². The normalized spacial score (nSPS) is 11.4. The van der Waals surface area contributed by atoms with Gasteiger partial charge in [-0.3, -0.25) is 0 Å². The molecule has 3 N–H and O–H groups in total. The number of halogens is 4. The molecule has 0 aliphatic heterocycles. The third-order valence-corrected chi connectivity index (χ3v) is 3.32. The lowest BCUT2D eigenvalue weighted by atomic mass is 10.1. The van der Waals surface area contributed by atoms with E-state index >= 15 is 0 Å². The molecule has 0 unspecified atom stereocenters. The number of rotatable bonds is 3. The molecule has 0 bridgehead atoms. The minimum absolute atomic E-state index is 0.00315. The summed E-state index contributed by atoms with van der Waals surface area (Å²) >= 11 is 3.01. The smallest absolute Gasteiger partial charge is 0.418 e. The van der Waals surface area contributed by atoms with E-state index in [1.165, 1.54) is 24.3 Å². The predicted molar refractivity (Wildman–Crippen MR) is 76.2 cm³/mol. The van der Waals surface area contributed by atoms with Crippen LogP contribution in [0.2, 0.25) is 0 Å². The average molecular weight is 362 g/mol. The van der Waals surface area contributed by atoms with Crippen molar-refractivity contribution in [1.29, 1.82) is 0 Å². The monoisotopic (exact) mass is 361 g/mol. The molecule has 0 saturated heterocycles. The van der Waals surface area contributed by atoms with E-state index in [9.17, 15) is 18.3 Å². The van der Waals surface area contributed by atoms with Crippen molar-refractivity contribution in [1.82, 2.24) is 0 Å². The van der Waals surface area contributed by atoms with Crippen LogP contribution in [0.15, 0.2) is 40.9 Å². The zero-order chi connectivity index (χ0) is 15.6. The van der Waals surface area contributed by atoms with Crippen molar-refractivity contribution < 1.29 is 23.4 Å². The van der Waals surface area contributed by atoms with Crippen molar-refractivity contribution in [3.8, 4) is 11.5 Å². The Morgan fingerprint density at radius 2 is 1.76 bits per heavy atom. The number of hydrogen-bond donors (Lipinski definition) is 3. The molecule has 0 fully saturated rings. The lowest BCUT2D eigenvalue weighted by Gasteiger charge is -2.15. The van der Waals surface area contributed by atoms with Crippen LogP contribution in [0.5, 0.6) is 11.5 Å². The quantitative estimate of drug-likeness (QED) is 0.754. The second-order valence-corrected chi connectivity index (χ2v) is 5.27. The van der Waals surface area contributed by atoms with Gasteiger partial charge in [-0.1, -0.05) is 15.9 Å². The van der Waals surface area contributed by atoms with Gasteiger partial charge in [0.1, 0.15) is 11.5 Å². The first kappa shape index (κ1) is 15.5. The molecule has 0 amide bonds. The molecule has 21 heavy (non-hydrogen) atoms. The maximum atomic E-state index is 12.9. The van der Waals surface area contributed by atoms with Gasteiger partial charge in [0.05, 0.1) is 5.56 Å². The Balaban J connectivity index is 2.24. The van der Waals surface area contributed by atoms with Crippen LogP contribution in [0.4, 0.5) is 18.9 Å². The van der Waals surface area contributed by atoms with Gasteiger partial charge in [0.2, 0.25) is 0 Å². The SMILES string of the molecule is Oc1ccc(CNc2ccc(Br)cc2C(F)(F)F)c(O)c1. The minimum Gasteiger partial charge on any atom is -0.508 e. The van der Waals surface area contributed by atoms with Crippen molar-refractivity contribution in [2.45, 2.75) is 12.7 Å². The lowest BCUT2D eigenvalue weighted by Crippen LogP contribution is -2.11. The van der Waals surface area contributed by atoms with Crippen LogP contribution in [-0.4, -0.2) is 10.2 Å². The molecule has 0 radical (unpaired) electrons. The molecule has 0 saturated carbocycles. The van der Waals surface area contributed by atoms with E-state index in [-0.39, 0.29) is 23.7 Å². The molecule has 2 aromatic carbocycles. The van der Waals surface area contributed by atoms with Gasteiger partial charge in [0.15, 0.2) is 0 Å². The Morgan fingerprint density at radius 3 is 2.38 bits per heavy atom. The third-order valence-electron chi connectivity index (χ3n) is 2.83. The van der Waals surface area contributed by atoms with Gasteiger partial charge in [0, 0.05) is 28.3 Å². The van der Waals surface area contributed by atoms with Crippen LogP contribution in [-0.2, 0) is 12.7 Å². The largest absolute Gasteiger partial charge is 0.508 e. The molecule has 0 atom stereocenters. The molecule has 2 aromatic rings. The van der Waals surface area contributed by atoms with Crippen LogP contribution < -0.4 is 5.32 Å².